The summed E-state index contributed by atoms with van der Waals surface area (Å²) in [5.41, 5.74) is 0.549. The molecule has 46 heavy (non-hydrogen) atoms. The van der Waals surface area contributed by atoms with Gasteiger partial charge in [0, 0.05) is 38.5 Å². The smallest absolute Gasteiger partial charge is 0.408 e. The van der Waals surface area contributed by atoms with Crippen molar-refractivity contribution in [1.82, 2.24) is 20.4 Å². The second-order valence-corrected chi connectivity index (χ2v) is 13.5. The summed E-state index contributed by atoms with van der Waals surface area (Å²) < 4.78 is 5.37. The number of likely N-dealkylation sites (N-methyl/N-ethyl adjacent to an activating group) is 1. The normalized spacial score (nSPS) is 16.2. The fourth-order valence-electron chi connectivity index (χ4n) is 5.55. The number of carbonyl (C=O) groups is 4. The lowest BCUT2D eigenvalue weighted by atomic mass is 9.97. The van der Waals surface area contributed by atoms with Gasteiger partial charge in [-0.05, 0) is 69.0 Å². The van der Waals surface area contributed by atoms with Gasteiger partial charge in [0.1, 0.15) is 17.7 Å². The number of nitrogens with zero attached hydrogens (tertiary/aromatic N) is 2. The average Bonchev–Trinajstić information content (AvgIpc) is 2.99. The van der Waals surface area contributed by atoms with Gasteiger partial charge in [-0.25, -0.2) is 4.79 Å². The molecule has 0 unspecified atom stereocenters. The number of alkyl carbamates (subject to hydrolysis) is 1. The van der Waals surface area contributed by atoms with Crippen LogP contribution in [0.15, 0.2) is 84.9 Å². The maximum Gasteiger partial charge on any atom is 0.408 e. The average molecular weight is 627 g/mol. The third-order valence-electron chi connectivity index (χ3n) is 7.96. The summed E-state index contributed by atoms with van der Waals surface area (Å²) in [6.45, 7) is 9.76. The van der Waals surface area contributed by atoms with Gasteiger partial charge in [0.05, 0.1) is 0 Å². The molecule has 2 atom stereocenters. The van der Waals surface area contributed by atoms with Gasteiger partial charge >= 0.3 is 6.09 Å². The SMILES string of the molecule is CN(C(=O)/C=C/CC(C)(C)NC(=O)OC(C)(C)C)[C@H](Cc1ccc2ccccc2c1)C(=O)N1CCNC(=O)[C@H]1Cc1ccccc1. The van der Waals surface area contributed by atoms with Crippen LogP contribution in [0.4, 0.5) is 4.79 Å². The Kier molecular flexibility index (Phi) is 10.9. The number of nitrogens with one attached hydrogen (secondary N) is 2. The summed E-state index contributed by atoms with van der Waals surface area (Å²) in [6, 6.07) is 22.1. The minimum Gasteiger partial charge on any atom is -0.444 e. The van der Waals surface area contributed by atoms with Crippen LogP contribution in [0.2, 0.25) is 0 Å². The number of benzene rings is 3. The molecular weight excluding hydrogens is 580 g/mol. The van der Waals surface area contributed by atoms with Gasteiger partial charge in [0.15, 0.2) is 0 Å². The van der Waals surface area contributed by atoms with Crippen LogP contribution < -0.4 is 10.6 Å². The third kappa shape index (κ3) is 9.42. The molecule has 1 saturated heterocycles. The van der Waals surface area contributed by atoms with Crippen molar-refractivity contribution in [1.29, 1.82) is 0 Å². The standard InChI is InChI=1S/C37H46N4O5/c1-36(2,3)46-35(45)39-37(4,5)20-12-17-32(42)40(6)31(25-27-18-19-28-15-10-11-16-29(28)23-27)34(44)41-22-21-38-33(43)30(41)24-26-13-8-7-9-14-26/h7-19,23,30-31H,20-22,24-25H2,1-6H3,(H,38,43)(H,39,45)/b17-12+/t30-,31-/m1/s1. The lowest BCUT2D eigenvalue weighted by Crippen LogP contribution is -2.62. The Morgan fingerprint density at radius 1 is 0.978 bits per heavy atom. The van der Waals surface area contributed by atoms with Gasteiger partial charge in [0.25, 0.3) is 0 Å². The number of carbonyl (C=O) groups excluding carboxylic acids is 4. The molecule has 1 aliphatic heterocycles. The van der Waals surface area contributed by atoms with Crippen LogP contribution >= 0.6 is 0 Å². The topological polar surface area (TPSA) is 108 Å². The first kappa shape index (κ1) is 34.2. The highest BCUT2D eigenvalue weighted by atomic mass is 16.6. The molecule has 4 rings (SSSR count). The molecule has 0 saturated carbocycles. The van der Waals surface area contributed by atoms with E-state index in [1.807, 2.05) is 86.6 Å². The highest BCUT2D eigenvalue weighted by Gasteiger charge is 2.38. The highest BCUT2D eigenvalue weighted by molar-refractivity contribution is 5.95. The van der Waals surface area contributed by atoms with E-state index in [2.05, 4.69) is 10.6 Å². The van der Waals surface area contributed by atoms with E-state index >= 15 is 0 Å². The van der Waals surface area contributed by atoms with E-state index in [1.165, 1.54) is 11.0 Å². The van der Waals surface area contributed by atoms with E-state index in [0.29, 0.717) is 25.9 Å². The van der Waals surface area contributed by atoms with Gasteiger partial charge < -0.3 is 25.2 Å². The van der Waals surface area contributed by atoms with E-state index in [1.54, 1.807) is 38.8 Å². The molecule has 0 spiro atoms. The van der Waals surface area contributed by atoms with Gasteiger partial charge in [-0.2, -0.15) is 0 Å². The van der Waals surface area contributed by atoms with Crippen molar-refractivity contribution in [2.24, 2.45) is 0 Å². The van der Waals surface area contributed by atoms with Crippen molar-refractivity contribution in [3.8, 4) is 0 Å². The van der Waals surface area contributed by atoms with Crippen LogP contribution in [0.25, 0.3) is 10.8 Å². The molecule has 1 fully saturated rings. The van der Waals surface area contributed by atoms with E-state index in [9.17, 15) is 19.2 Å². The van der Waals surface area contributed by atoms with Gasteiger partial charge in [-0.3, -0.25) is 14.4 Å². The Balaban J connectivity index is 1.56. The zero-order chi connectivity index (χ0) is 33.5. The lowest BCUT2D eigenvalue weighted by Gasteiger charge is -2.39. The molecule has 9 nitrogen and oxygen atoms in total. The Morgan fingerprint density at radius 3 is 2.35 bits per heavy atom. The predicted octanol–water partition coefficient (Wildman–Crippen LogP) is 5.03. The number of hydrogen-bond donors (Lipinski definition) is 2. The molecule has 4 amide bonds. The first-order valence-electron chi connectivity index (χ1n) is 15.8. The molecule has 0 bridgehead atoms. The summed E-state index contributed by atoms with van der Waals surface area (Å²) in [6.07, 6.45) is 3.61. The minimum atomic E-state index is -0.851. The number of hydrogen-bond acceptors (Lipinski definition) is 5. The molecule has 2 N–H and O–H groups in total. The Morgan fingerprint density at radius 2 is 1.65 bits per heavy atom. The maximum atomic E-state index is 14.4. The Bertz CT molecular complexity index is 1580. The fraction of sp³-hybridized carbons (Fsp3) is 0.405. The van der Waals surface area contributed by atoms with Crippen molar-refractivity contribution in [3.63, 3.8) is 0 Å². The molecule has 0 radical (unpaired) electrons. The van der Waals surface area contributed by atoms with Crippen molar-refractivity contribution in [2.75, 3.05) is 20.1 Å². The highest BCUT2D eigenvalue weighted by Crippen LogP contribution is 2.21. The summed E-state index contributed by atoms with van der Waals surface area (Å²) in [5, 5.41) is 7.87. The second-order valence-electron chi connectivity index (χ2n) is 13.5. The molecule has 244 valence electrons. The maximum absolute atomic E-state index is 14.4. The van der Waals surface area contributed by atoms with Crippen LogP contribution in [0.5, 0.6) is 0 Å². The van der Waals surface area contributed by atoms with Crippen molar-refractivity contribution in [2.45, 2.75) is 77.1 Å². The molecule has 3 aromatic carbocycles. The monoisotopic (exact) mass is 626 g/mol. The van der Waals surface area contributed by atoms with E-state index in [-0.39, 0.29) is 24.1 Å². The molecular formula is C37H46N4O5. The minimum absolute atomic E-state index is 0.207. The van der Waals surface area contributed by atoms with Crippen LogP contribution in [0.3, 0.4) is 0 Å². The molecule has 1 aliphatic rings. The summed E-state index contributed by atoms with van der Waals surface area (Å²) in [7, 11) is 1.62. The first-order chi connectivity index (χ1) is 21.7. The van der Waals surface area contributed by atoms with Gasteiger partial charge in [-0.1, -0.05) is 78.9 Å². The van der Waals surface area contributed by atoms with Crippen LogP contribution in [-0.4, -0.2) is 77.0 Å². The molecule has 9 heteroatoms. The molecule has 0 aromatic heterocycles. The Hall–Kier alpha value is -4.66. The zero-order valence-corrected chi connectivity index (χ0v) is 27.7. The largest absolute Gasteiger partial charge is 0.444 e. The number of piperazine rings is 1. The Labute approximate surface area is 272 Å². The molecule has 0 aliphatic carbocycles. The van der Waals surface area contributed by atoms with E-state index in [0.717, 1.165) is 21.9 Å². The van der Waals surface area contributed by atoms with Crippen molar-refractivity contribution < 1.29 is 23.9 Å². The summed E-state index contributed by atoms with van der Waals surface area (Å²) in [4.78, 5) is 56.5. The van der Waals surface area contributed by atoms with E-state index in [4.69, 9.17) is 4.74 Å². The fourth-order valence-corrected chi connectivity index (χ4v) is 5.55. The van der Waals surface area contributed by atoms with E-state index < -0.39 is 29.3 Å². The quantitative estimate of drug-likeness (QED) is 0.307. The summed E-state index contributed by atoms with van der Waals surface area (Å²) >= 11 is 0. The first-order valence-corrected chi connectivity index (χ1v) is 15.8. The third-order valence-corrected chi connectivity index (χ3v) is 7.96. The molecule has 1 heterocycles. The number of rotatable bonds is 10. The number of ether oxygens (including phenoxy) is 1. The number of amides is 4. The zero-order valence-electron chi connectivity index (χ0n) is 27.7. The van der Waals surface area contributed by atoms with Gasteiger partial charge in [-0.15, -0.1) is 0 Å². The predicted molar refractivity (Wildman–Crippen MR) is 180 cm³/mol. The van der Waals surface area contributed by atoms with Crippen molar-refractivity contribution in [3.05, 3.63) is 96.1 Å². The second kappa shape index (κ2) is 14.6. The van der Waals surface area contributed by atoms with Crippen LogP contribution in [-0.2, 0) is 32.0 Å². The lowest BCUT2D eigenvalue weighted by molar-refractivity contribution is -0.149. The van der Waals surface area contributed by atoms with Crippen molar-refractivity contribution >= 4 is 34.6 Å². The number of fused-ring (bicyclic) bond motifs is 1. The van der Waals surface area contributed by atoms with Crippen LogP contribution in [0.1, 0.15) is 52.2 Å². The van der Waals surface area contributed by atoms with Gasteiger partial charge in [0.2, 0.25) is 17.7 Å². The summed E-state index contributed by atoms with van der Waals surface area (Å²) in [5.74, 6) is -0.838. The van der Waals surface area contributed by atoms with Crippen LogP contribution in [0, 0.1) is 0 Å². The molecule has 3 aromatic rings.